The Morgan fingerprint density at radius 2 is 0.684 bits per heavy atom. The number of rotatable bonds is 11. The van der Waals surface area contributed by atoms with E-state index >= 15 is 0 Å². The van der Waals surface area contributed by atoms with Crippen molar-refractivity contribution in [2.75, 3.05) is 9.80 Å². The lowest BCUT2D eigenvalue weighted by Gasteiger charge is -2.33. The van der Waals surface area contributed by atoms with Gasteiger partial charge in [-0.25, -0.2) is 0 Å². The van der Waals surface area contributed by atoms with Crippen molar-refractivity contribution in [1.29, 1.82) is 0 Å². The number of benzene rings is 7. The van der Waals surface area contributed by atoms with Crippen molar-refractivity contribution in [3.8, 4) is 0 Å². The summed E-state index contributed by atoms with van der Waals surface area (Å²) in [5.41, 5.74) is 12.5. The van der Waals surface area contributed by atoms with E-state index in [9.17, 15) is 0 Å². The van der Waals surface area contributed by atoms with Crippen LogP contribution in [0.4, 0.5) is 34.1 Å². The second kappa shape index (κ2) is 16.3. The van der Waals surface area contributed by atoms with Crippen molar-refractivity contribution in [1.82, 2.24) is 0 Å². The number of hydrogen-bond donors (Lipinski definition) is 0. The largest absolute Gasteiger partial charge is 0.309 e. The van der Waals surface area contributed by atoms with E-state index in [4.69, 9.17) is 0 Å². The fourth-order valence-corrected chi connectivity index (χ4v) is 8.44. The average Bonchev–Trinajstić information content (AvgIpc) is 3.22. The molecule has 1 unspecified atom stereocenters. The second-order valence-electron chi connectivity index (χ2n) is 18.1. The Hall–Kier alpha value is -5.34. The van der Waals surface area contributed by atoms with Gasteiger partial charge in [0.2, 0.25) is 0 Å². The maximum atomic E-state index is 2.50. The van der Waals surface area contributed by atoms with E-state index in [0.717, 1.165) is 42.0 Å². The van der Waals surface area contributed by atoms with Crippen LogP contribution in [0, 0.1) is 0 Å². The van der Waals surface area contributed by atoms with Crippen LogP contribution in [0.25, 0.3) is 21.5 Å². The van der Waals surface area contributed by atoms with Crippen LogP contribution in [-0.4, -0.2) is 0 Å². The summed E-state index contributed by atoms with van der Waals surface area (Å²) >= 11 is 0. The lowest BCUT2D eigenvalue weighted by Crippen LogP contribution is -2.16. The molecule has 0 spiro atoms. The first-order valence-electron chi connectivity index (χ1n) is 21.3. The van der Waals surface area contributed by atoms with Gasteiger partial charge in [-0.3, -0.25) is 0 Å². The lowest BCUT2D eigenvalue weighted by atomic mass is 9.87. The molecule has 292 valence electrons. The van der Waals surface area contributed by atoms with Gasteiger partial charge in [-0.1, -0.05) is 166 Å². The third kappa shape index (κ3) is 7.97. The maximum Gasteiger partial charge on any atom is 0.0619 e. The summed E-state index contributed by atoms with van der Waals surface area (Å²) in [6.45, 7) is 22.9. The predicted molar refractivity (Wildman–Crippen MR) is 250 cm³/mol. The zero-order chi connectivity index (χ0) is 40.5. The summed E-state index contributed by atoms with van der Waals surface area (Å²) in [6.07, 6.45) is 3.39. The highest BCUT2D eigenvalue weighted by molar-refractivity contribution is 6.23. The molecule has 0 amide bonds. The second-order valence-corrected chi connectivity index (χ2v) is 18.1. The predicted octanol–water partition coefficient (Wildman–Crippen LogP) is 16.9. The number of fused-ring (bicyclic) bond motifs is 2. The van der Waals surface area contributed by atoms with E-state index in [1.807, 2.05) is 0 Å². The molecule has 57 heavy (non-hydrogen) atoms. The smallest absolute Gasteiger partial charge is 0.0619 e. The van der Waals surface area contributed by atoms with Crippen molar-refractivity contribution in [3.05, 3.63) is 168 Å². The van der Waals surface area contributed by atoms with Crippen LogP contribution in [-0.2, 0) is 10.8 Å². The molecule has 0 heterocycles. The molecule has 7 rings (SSSR count). The monoisotopic (exact) mass is 750 g/mol. The van der Waals surface area contributed by atoms with Gasteiger partial charge in [-0.15, -0.1) is 0 Å². The van der Waals surface area contributed by atoms with Crippen LogP contribution in [0.3, 0.4) is 0 Å². The van der Waals surface area contributed by atoms with Gasteiger partial charge in [0.05, 0.1) is 11.4 Å². The van der Waals surface area contributed by atoms with Gasteiger partial charge in [0, 0.05) is 44.3 Å². The number of hydrogen-bond acceptors (Lipinski definition) is 2. The van der Waals surface area contributed by atoms with E-state index < -0.39 is 0 Å². The molecule has 0 aliphatic heterocycles. The maximum absolute atomic E-state index is 2.50. The lowest BCUT2D eigenvalue weighted by molar-refractivity contribution is 0.590. The standard InChI is InChI=1S/C55H62N2/c1-11-38(4)40-22-30-44(31-23-40)56(46-34-26-42(27-35-46)54(5,6)7)52-48-18-14-16-20-50(48)53(51-21-17-15-19-49(51)52)57(47-36-28-43(29-37-47)55(8,9)10)45-32-24-41(25-33-45)39(12-2)13-3/h14-39H,11-13H2,1-10H3. The van der Waals surface area contributed by atoms with E-state index in [1.165, 1.54) is 55.2 Å². The molecule has 2 heteroatoms. The summed E-state index contributed by atoms with van der Waals surface area (Å²) in [5, 5.41) is 4.84. The summed E-state index contributed by atoms with van der Waals surface area (Å²) in [7, 11) is 0. The number of nitrogens with zero attached hydrogens (tertiary/aromatic N) is 2. The number of anilines is 6. The van der Waals surface area contributed by atoms with Gasteiger partial charge in [-0.2, -0.15) is 0 Å². The zero-order valence-electron chi connectivity index (χ0n) is 36.0. The highest BCUT2D eigenvalue weighted by Crippen LogP contribution is 2.51. The average molecular weight is 751 g/mol. The molecule has 0 N–H and O–H groups in total. The SMILES string of the molecule is CCC(C)c1ccc(N(c2ccc(C(C)(C)C)cc2)c2c3ccccc3c(N(c3ccc(C(CC)CC)cc3)c3ccc(C(C)(C)C)cc3)c3ccccc23)cc1. The van der Waals surface area contributed by atoms with Crippen LogP contribution in [0.1, 0.15) is 123 Å². The third-order valence-corrected chi connectivity index (χ3v) is 12.2. The van der Waals surface area contributed by atoms with E-state index in [2.05, 4.69) is 225 Å². The summed E-state index contributed by atoms with van der Waals surface area (Å²) in [6, 6.07) is 55.3. The minimum atomic E-state index is 0.0582. The Balaban J connectivity index is 1.53. The van der Waals surface area contributed by atoms with Gasteiger partial charge < -0.3 is 9.80 Å². The topological polar surface area (TPSA) is 6.48 Å². The molecule has 0 radical (unpaired) electrons. The quantitative estimate of drug-likeness (QED) is 0.0959. The van der Waals surface area contributed by atoms with Crippen LogP contribution in [0.15, 0.2) is 146 Å². The van der Waals surface area contributed by atoms with Crippen LogP contribution in [0.2, 0.25) is 0 Å². The van der Waals surface area contributed by atoms with Gasteiger partial charge in [0.15, 0.2) is 0 Å². The molecule has 2 nitrogen and oxygen atoms in total. The molecular formula is C55H62N2. The van der Waals surface area contributed by atoms with E-state index in [0.29, 0.717) is 11.8 Å². The summed E-state index contributed by atoms with van der Waals surface area (Å²) in [4.78, 5) is 5.00. The third-order valence-electron chi connectivity index (χ3n) is 12.2. The first-order chi connectivity index (χ1) is 27.3. The molecule has 0 bridgehead atoms. The van der Waals surface area contributed by atoms with Gasteiger partial charge in [-0.05, 0) is 113 Å². The normalized spacial score (nSPS) is 12.7. The van der Waals surface area contributed by atoms with Crippen molar-refractivity contribution in [2.45, 2.75) is 111 Å². The highest BCUT2D eigenvalue weighted by Gasteiger charge is 2.26. The molecule has 0 fully saturated rings. The zero-order valence-corrected chi connectivity index (χ0v) is 36.0. The molecule has 1 atom stereocenters. The highest BCUT2D eigenvalue weighted by atomic mass is 15.2. The minimum Gasteiger partial charge on any atom is -0.309 e. The molecule has 7 aromatic carbocycles. The Labute approximate surface area is 343 Å². The molecule has 0 aromatic heterocycles. The Kier molecular flexibility index (Phi) is 11.4. The van der Waals surface area contributed by atoms with Crippen molar-refractivity contribution < 1.29 is 0 Å². The van der Waals surface area contributed by atoms with Gasteiger partial charge >= 0.3 is 0 Å². The molecule has 0 aliphatic rings. The van der Waals surface area contributed by atoms with Gasteiger partial charge in [0.1, 0.15) is 0 Å². The summed E-state index contributed by atoms with van der Waals surface area (Å²) < 4.78 is 0. The molecule has 0 aliphatic carbocycles. The molecule has 0 saturated carbocycles. The van der Waals surface area contributed by atoms with Crippen LogP contribution >= 0.6 is 0 Å². The fraction of sp³-hybridized carbons (Fsp3) is 0.309. The van der Waals surface area contributed by atoms with E-state index in [1.54, 1.807) is 0 Å². The molecule has 0 saturated heterocycles. The molecular weight excluding hydrogens is 689 g/mol. The minimum absolute atomic E-state index is 0.0582. The first kappa shape index (κ1) is 39.9. The van der Waals surface area contributed by atoms with Crippen LogP contribution < -0.4 is 9.80 Å². The Morgan fingerprint density at radius 3 is 0.965 bits per heavy atom. The van der Waals surface area contributed by atoms with E-state index in [-0.39, 0.29) is 10.8 Å². The van der Waals surface area contributed by atoms with Crippen LogP contribution in [0.5, 0.6) is 0 Å². The van der Waals surface area contributed by atoms with Crippen molar-refractivity contribution in [2.24, 2.45) is 0 Å². The summed E-state index contributed by atoms with van der Waals surface area (Å²) in [5.74, 6) is 1.06. The molecule has 7 aromatic rings. The van der Waals surface area contributed by atoms with Gasteiger partial charge in [0.25, 0.3) is 0 Å². The Morgan fingerprint density at radius 1 is 0.386 bits per heavy atom. The first-order valence-corrected chi connectivity index (χ1v) is 21.3. The van der Waals surface area contributed by atoms with Crippen molar-refractivity contribution in [3.63, 3.8) is 0 Å². The Bertz CT molecular complexity index is 2360. The van der Waals surface area contributed by atoms with Crippen molar-refractivity contribution >= 4 is 55.7 Å². The fourth-order valence-electron chi connectivity index (χ4n) is 8.44.